The molecule has 1 heterocycles. The zero-order chi connectivity index (χ0) is 10.4. The monoisotopic (exact) mass is 209 g/mol. The van der Waals surface area contributed by atoms with Crippen LogP contribution in [-0.4, -0.2) is 28.1 Å². The van der Waals surface area contributed by atoms with Gasteiger partial charge in [-0.25, -0.2) is 0 Å². The van der Waals surface area contributed by atoms with Crippen molar-refractivity contribution < 1.29 is 9.59 Å². The molecule has 1 aromatic heterocycles. The Hall–Kier alpha value is -1.16. The summed E-state index contributed by atoms with van der Waals surface area (Å²) in [6.45, 7) is 1.51. The lowest BCUT2D eigenvalue weighted by atomic mass is 10.3. The van der Waals surface area contributed by atoms with Crippen LogP contribution < -0.4 is 0 Å². The minimum atomic E-state index is -0.0307. The third-order valence-electron chi connectivity index (χ3n) is 1.49. The summed E-state index contributed by atoms with van der Waals surface area (Å²) < 4.78 is 0. The highest BCUT2D eigenvalue weighted by molar-refractivity contribution is 8.00. The number of thioether (sulfide) groups is 1. The minimum Gasteiger partial charge on any atom is -0.299 e. The molecule has 0 aliphatic rings. The maximum absolute atomic E-state index is 11.4. The van der Waals surface area contributed by atoms with Crippen LogP contribution in [0.5, 0.6) is 0 Å². The normalized spacial score (nSPS) is 9.79. The summed E-state index contributed by atoms with van der Waals surface area (Å²) in [7, 11) is 0. The van der Waals surface area contributed by atoms with Gasteiger partial charge in [0.15, 0.2) is 5.78 Å². The van der Waals surface area contributed by atoms with Crippen molar-refractivity contribution in [2.45, 2.75) is 6.92 Å². The Kier molecular flexibility index (Phi) is 4.32. The Morgan fingerprint density at radius 1 is 1.36 bits per heavy atom. The number of ketones is 2. The Balaban J connectivity index is 2.40. The van der Waals surface area contributed by atoms with E-state index in [2.05, 4.69) is 4.98 Å². The smallest absolute Gasteiger partial charge is 0.191 e. The molecule has 74 valence electrons. The second-order valence-electron chi connectivity index (χ2n) is 2.83. The maximum atomic E-state index is 11.4. The second kappa shape index (κ2) is 5.54. The average Bonchev–Trinajstić information content (AvgIpc) is 2.18. The summed E-state index contributed by atoms with van der Waals surface area (Å²) in [6.07, 6.45) is 1.59. The van der Waals surface area contributed by atoms with E-state index in [4.69, 9.17) is 0 Å². The largest absolute Gasteiger partial charge is 0.299 e. The Bertz CT molecular complexity index is 324. The van der Waals surface area contributed by atoms with Gasteiger partial charge in [0.1, 0.15) is 11.5 Å². The minimum absolute atomic E-state index is 0.0307. The van der Waals surface area contributed by atoms with Gasteiger partial charge in [0.05, 0.1) is 11.5 Å². The maximum Gasteiger partial charge on any atom is 0.191 e. The van der Waals surface area contributed by atoms with Gasteiger partial charge in [0.2, 0.25) is 0 Å². The lowest BCUT2D eigenvalue weighted by molar-refractivity contribution is -0.114. The van der Waals surface area contributed by atoms with E-state index in [1.807, 2.05) is 0 Å². The summed E-state index contributed by atoms with van der Waals surface area (Å²) in [5, 5.41) is 0. The van der Waals surface area contributed by atoms with E-state index in [0.717, 1.165) is 0 Å². The van der Waals surface area contributed by atoms with E-state index in [0.29, 0.717) is 17.2 Å². The zero-order valence-electron chi connectivity index (χ0n) is 7.90. The molecular weight excluding hydrogens is 198 g/mol. The van der Waals surface area contributed by atoms with Gasteiger partial charge >= 0.3 is 0 Å². The third kappa shape index (κ3) is 3.70. The van der Waals surface area contributed by atoms with Crippen LogP contribution in [0.2, 0.25) is 0 Å². The highest BCUT2D eigenvalue weighted by Crippen LogP contribution is 2.04. The molecule has 0 amide bonds. The first-order chi connectivity index (χ1) is 6.70. The van der Waals surface area contributed by atoms with Crippen LogP contribution in [0.15, 0.2) is 24.4 Å². The predicted octanol–water partition coefficient (Wildman–Crippen LogP) is 1.59. The fourth-order valence-corrected chi connectivity index (χ4v) is 1.61. The van der Waals surface area contributed by atoms with E-state index in [-0.39, 0.29) is 11.6 Å². The van der Waals surface area contributed by atoms with Crippen molar-refractivity contribution in [3.05, 3.63) is 30.1 Å². The number of rotatable bonds is 5. The molecule has 14 heavy (non-hydrogen) atoms. The summed E-state index contributed by atoms with van der Waals surface area (Å²) in [5.74, 6) is 0.760. The van der Waals surface area contributed by atoms with Crippen LogP contribution >= 0.6 is 11.8 Å². The van der Waals surface area contributed by atoms with Gasteiger partial charge in [-0.15, -0.1) is 11.8 Å². The molecule has 1 aromatic rings. The van der Waals surface area contributed by atoms with Crippen LogP contribution in [0.4, 0.5) is 0 Å². The molecule has 3 nitrogen and oxygen atoms in total. The van der Waals surface area contributed by atoms with Crippen molar-refractivity contribution >= 4 is 23.3 Å². The molecule has 0 radical (unpaired) electrons. The highest BCUT2D eigenvalue weighted by atomic mass is 32.2. The SMILES string of the molecule is CC(=O)CSCC(=O)c1ccccn1. The van der Waals surface area contributed by atoms with Crippen LogP contribution in [0.1, 0.15) is 17.4 Å². The van der Waals surface area contributed by atoms with E-state index >= 15 is 0 Å². The summed E-state index contributed by atoms with van der Waals surface area (Å²) in [4.78, 5) is 26.0. The van der Waals surface area contributed by atoms with Crippen molar-refractivity contribution in [1.82, 2.24) is 4.98 Å². The summed E-state index contributed by atoms with van der Waals surface area (Å²) >= 11 is 1.33. The molecule has 0 saturated carbocycles. The van der Waals surface area contributed by atoms with Crippen molar-refractivity contribution in [1.29, 1.82) is 0 Å². The molecule has 0 bridgehead atoms. The molecule has 0 aliphatic carbocycles. The van der Waals surface area contributed by atoms with Gasteiger partial charge in [0, 0.05) is 6.20 Å². The molecule has 0 N–H and O–H groups in total. The van der Waals surface area contributed by atoms with Gasteiger partial charge in [-0.3, -0.25) is 14.6 Å². The van der Waals surface area contributed by atoms with E-state index < -0.39 is 0 Å². The first-order valence-corrected chi connectivity index (χ1v) is 5.37. The molecule has 0 fully saturated rings. The topological polar surface area (TPSA) is 47.0 Å². The van der Waals surface area contributed by atoms with Gasteiger partial charge in [-0.05, 0) is 19.1 Å². The molecule has 0 atom stereocenters. The molecule has 0 aromatic carbocycles. The van der Waals surface area contributed by atoms with Crippen LogP contribution in [-0.2, 0) is 4.79 Å². The van der Waals surface area contributed by atoms with Gasteiger partial charge in [-0.1, -0.05) is 6.07 Å². The van der Waals surface area contributed by atoms with Crippen LogP contribution in [0, 0.1) is 0 Å². The Labute approximate surface area is 86.9 Å². The molecule has 0 unspecified atom stereocenters. The summed E-state index contributed by atoms with van der Waals surface area (Å²) in [6, 6.07) is 5.21. The average molecular weight is 209 g/mol. The van der Waals surface area contributed by atoms with Crippen molar-refractivity contribution in [2.24, 2.45) is 0 Å². The first kappa shape index (κ1) is 10.9. The fourth-order valence-electron chi connectivity index (χ4n) is 0.889. The van der Waals surface area contributed by atoms with E-state index in [9.17, 15) is 9.59 Å². The van der Waals surface area contributed by atoms with Crippen LogP contribution in [0.3, 0.4) is 0 Å². The van der Waals surface area contributed by atoms with Crippen molar-refractivity contribution in [2.75, 3.05) is 11.5 Å². The number of hydrogen-bond acceptors (Lipinski definition) is 4. The molecule has 0 spiro atoms. The molecule has 4 heteroatoms. The first-order valence-electron chi connectivity index (χ1n) is 4.21. The molecule has 0 aliphatic heterocycles. The number of aromatic nitrogens is 1. The third-order valence-corrected chi connectivity index (χ3v) is 2.57. The quantitative estimate of drug-likeness (QED) is 0.691. The molecular formula is C10H11NO2S. The summed E-state index contributed by atoms with van der Waals surface area (Å²) in [5.41, 5.74) is 0.462. The lowest BCUT2D eigenvalue weighted by Crippen LogP contribution is -2.06. The number of nitrogens with zero attached hydrogens (tertiary/aromatic N) is 1. The molecule has 0 saturated heterocycles. The van der Waals surface area contributed by atoms with Crippen molar-refractivity contribution in [3.8, 4) is 0 Å². The number of pyridine rings is 1. The standard InChI is InChI=1S/C10H11NO2S/c1-8(12)6-14-7-10(13)9-4-2-3-5-11-9/h2-5H,6-7H2,1H3. The molecule has 1 rings (SSSR count). The highest BCUT2D eigenvalue weighted by Gasteiger charge is 2.06. The van der Waals surface area contributed by atoms with E-state index in [1.54, 1.807) is 24.4 Å². The zero-order valence-corrected chi connectivity index (χ0v) is 8.71. The number of Topliss-reactive ketones (excluding diaryl/α,β-unsaturated/α-hetero) is 2. The number of carbonyl (C=O) groups excluding carboxylic acids is 2. The van der Waals surface area contributed by atoms with Crippen LogP contribution in [0.25, 0.3) is 0 Å². The number of hydrogen-bond donors (Lipinski definition) is 0. The van der Waals surface area contributed by atoms with E-state index in [1.165, 1.54) is 18.7 Å². The second-order valence-corrected chi connectivity index (χ2v) is 3.82. The Morgan fingerprint density at radius 2 is 2.14 bits per heavy atom. The van der Waals surface area contributed by atoms with Gasteiger partial charge < -0.3 is 0 Å². The number of carbonyl (C=O) groups is 2. The van der Waals surface area contributed by atoms with Gasteiger partial charge in [0.25, 0.3) is 0 Å². The fraction of sp³-hybridized carbons (Fsp3) is 0.300. The lowest BCUT2D eigenvalue weighted by Gasteiger charge is -1.98. The predicted molar refractivity (Wildman–Crippen MR) is 56.6 cm³/mol. The van der Waals surface area contributed by atoms with Crippen molar-refractivity contribution in [3.63, 3.8) is 0 Å². The Morgan fingerprint density at radius 3 is 2.71 bits per heavy atom. The van der Waals surface area contributed by atoms with Gasteiger partial charge in [-0.2, -0.15) is 0 Å².